The summed E-state index contributed by atoms with van der Waals surface area (Å²) in [6.45, 7) is 1.87. The molecule has 0 unspecified atom stereocenters. The minimum absolute atomic E-state index is 0.169. The third-order valence-corrected chi connectivity index (χ3v) is 4.94. The first-order valence-electron chi connectivity index (χ1n) is 10.2. The second-order valence-corrected chi connectivity index (χ2v) is 7.22. The molecule has 5 heteroatoms. The number of hydrogen-bond donors (Lipinski definition) is 1. The van der Waals surface area contributed by atoms with E-state index in [2.05, 4.69) is 5.32 Å². The zero-order valence-corrected chi connectivity index (χ0v) is 16.8. The number of benzene rings is 3. The Morgan fingerprint density at radius 2 is 1.60 bits per heavy atom. The predicted octanol–water partition coefficient (Wildman–Crippen LogP) is 5.08. The van der Waals surface area contributed by atoms with Crippen LogP contribution in [0.1, 0.15) is 28.8 Å². The van der Waals surface area contributed by atoms with Crippen LogP contribution in [0.3, 0.4) is 0 Å². The average molecular weight is 403 g/mol. The van der Waals surface area contributed by atoms with Crippen molar-refractivity contribution in [2.75, 3.05) is 18.5 Å². The Bertz CT molecular complexity index is 933. The normalized spacial score (nSPS) is 15.5. The number of anilines is 1. The van der Waals surface area contributed by atoms with Crippen LogP contribution in [0.4, 0.5) is 5.69 Å². The van der Waals surface area contributed by atoms with E-state index in [-0.39, 0.29) is 12.0 Å². The molecule has 0 bridgehead atoms. The van der Waals surface area contributed by atoms with Gasteiger partial charge in [-0.3, -0.25) is 4.79 Å². The second-order valence-electron chi connectivity index (χ2n) is 7.22. The molecule has 1 fully saturated rings. The highest BCUT2D eigenvalue weighted by Gasteiger charge is 2.16. The van der Waals surface area contributed by atoms with Crippen molar-refractivity contribution in [3.63, 3.8) is 0 Å². The van der Waals surface area contributed by atoms with Crippen LogP contribution in [-0.2, 0) is 11.3 Å². The Hall–Kier alpha value is -3.31. The van der Waals surface area contributed by atoms with Crippen molar-refractivity contribution in [3.8, 4) is 11.5 Å². The third kappa shape index (κ3) is 5.61. The van der Waals surface area contributed by atoms with Crippen molar-refractivity contribution in [3.05, 3.63) is 90.0 Å². The molecule has 5 nitrogen and oxygen atoms in total. The van der Waals surface area contributed by atoms with Gasteiger partial charge < -0.3 is 19.5 Å². The largest absolute Gasteiger partial charge is 0.491 e. The number of rotatable bonds is 8. The quantitative estimate of drug-likeness (QED) is 0.570. The molecule has 0 aromatic heterocycles. The van der Waals surface area contributed by atoms with Gasteiger partial charge in [-0.25, -0.2) is 0 Å². The van der Waals surface area contributed by atoms with Crippen molar-refractivity contribution in [2.24, 2.45) is 0 Å². The Morgan fingerprint density at radius 1 is 0.900 bits per heavy atom. The van der Waals surface area contributed by atoms with Crippen LogP contribution in [0.25, 0.3) is 0 Å². The molecular formula is C25H25NO4. The maximum Gasteiger partial charge on any atom is 0.255 e. The summed E-state index contributed by atoms with van der Waals surface area (Å²) in [6, 6.07) is 24.5. The molecule has 0 spiro atoms. The summed E-state index contributed by atoms with van der Waals surface area (Å²) >= 11 is 0. The van der Waals surface area contributed by atoms with Crippen molar-refractivity contribution in [2.45, 2.75) is 25.6 Å². The molecule has 4 rings (SSSR count). The van der Waals surface area contributed by atoms with Gasteiger partial charge in [-0.2, -0.15) is 0 Å². The molecule has 3 aromatic rings. The van der Waals surface area contributed by atoms with Crippen LogP contribution in [0.15, 0.2) is 78.9 Å². The van der Waals surface area contributed by atoms with Gasteiger partial charge in [0.1, 0.15) is 24.7 Å². The van der Waals surface area contributed by atoms with Crippen molar-refractivity contribution >= 4 is 11.6 Å². The number of nitrogens with one attached hydrogen (secondary N) is 1. The van der Waals surface area contributed by atoms with E-state index in [0.29, 0.717) is 24.5 Å². The minimum Gasteiger partial charge on any atom is -0.491 e. The van der Waals surface area contributed by atoms with Crippen LogP contribution in [0.5, 0.6) is 11.5 Å². The fraction of sp³-hybridized carbons (Fsp3) is 0.240. The highest BCUT2D eigenvalue weighted by molar-refractivity contribution is 6.04. The number of carbonyl (C=O) groups is 1. The summed E-state index contributed by atoms with van der Waals surface area (Å²) < 4.78 is 17.1. The number of amides is 1. The van der Waals surface area contributed by atoms with E-state index >= 15 is 0 Å². The molecule has 1 aliphatic rings. The van der Waals surface area contributed by atoms with Crippen LogP contribution >= 0.6 is 0 Å². The standard InChI is InChI=1S/C25H25NO4/c27-25(20-8-12-22(13-9-20)29-17-19-5-2-1-3-6-19)26-21-10-14-23(15-11-21)30-18-24-7-4-16-28-24/h1-3,5-6,8-15,24H,4,7,16-18H2,(H,26,27)/t24-/m1/s1. The molecular weight excluding hydrogens is 378 g/mol. The first-order valence-corrected chi connectivity index (χ1v) is 10.2. The summed E-state index contributed by atoms with van der Waals surface area (Å²) in [5.41, 5.74) is 2.39. The monoisotopic (exact) mass is 403 g/mol. The highest BCUT2D eigenvalue weighted by atomic mass is 16.5. The van der Waals surface area contributed by atoms with Crippen LogP contribution in [0.2, 0.25) is 0 Å². The molecule has 154 valence electrons. The third-order valence-electron chi connectivity index (χ3n) is 4.94. The number of ether oxygens (including phenoxy) is 3. The molecule has 30 heavy (non-hydrogen) atoms. The molecule has 1 N–H and O–H groups in total. The van der Waals surface area contributed by atoms with E-state index in [1.807, 2.05) is 54.6 Å². The smallest absolute Gasteiger partial charge is 0.255 e. The predicted molar refractivity (Wildman–Crippen MR) is 116 cm³/mol. The summed E-state index contributed by atoms with van der Waals surface area (Å²) in [6.07, 6.45) is 2.33. The van der Waals surface area contributed by atoms with E-state index in [4.69, 9.17) is 14.2 Å². The molecule has 1 atom stereocenters. The lowest BCUT2D eigenvalue weighted by Gasteiger charge is -2.12. The lowest BCUT2D eigenvalue weighted by molar-refractivity contribution is 0.0679. The van der Waals surface area contributed by atoms with Gasteiger partial charge in [0, 0.05) is 17.9 Å². The van der Waals surface area contributed by atoms with Gasteiger partial charge in [0.15, 0.2) is 0 Å². The Labute approximate surface area is 176 Å². The lowest BCUT2D eigenvalue weighted by atomic mass is 10.2. The maximum atomic E-state index is 12.5. The number of carbonyl (C=O) groups excluding carboxylic acids is 1. The fourth-order valence-electron chi connectivity index (χ4n) is 3.25. The molecule has 1 saturated heterocycles. The van der Waals surface area contributed by atoms with E-state index in [1.54, 1.807) is 24.3 Å². The topological polar surface area (TPSA) is 56.8 Å². The molecule has 1 aliphatic heterocycles. The lowest BCUT2D eigenvalue weighted by Crippen LogP contribution is -2.16. The SMILES string of the molecule is O=C(Nc1ccc(OC[C@H]2CCCO2)cc1)c1ccc(OCc2ccccc2)cc1. The van der Waals surface area contributed by atoms with Gasteiger partial charge in [0.25, 0.3) is 5.91 Å². The zero-order chi connectivity index (χ0) is 20.6. The van der Waals surface area contributed by atoms with Crippen molar-refractivity contribution in [1.29, 1.82) is 0 Å². The highest BCUT2D eigenvalue weighted by Crippen LogP contribution is 2.20. The van der Waals surface area contributed by atoms with E-state index in [0.717, 1.165) is 36.5 Å². The fourth-order valence-corrected chi connectivity index (χ4v) is 3.25. The summed E-state index contributed by atoms with van der Waals surface area (Å²) in [5.74, 6) is 1.32. The van der Waals surface area contributed by atoms with Crippen LogP contribution < -0.4 is 14.8 Å². The van der Waals surface area contributed by atoms with Gasteiger partial charge in [-0.05, 0) is 66.9 Å². The van der Waals surface area contributed by atoms with E-state index < -0.39 is 0 Å². The summed E-state index contributed by atoms with van der Waals surface area (Å²) in [4.78, 5) is 12.5. The Balaban J connectivity index is 1.26. The van der Waals surface area contributed by atoms with Gasteiger partial charge in [-0.15, -0.1) is 0 Å². The molecule has 0 aliphatic carbocycles. The van der Waals surface area contributed by atoms with E-state index in [9.17, 15) is 4.79 Å². The minimum atomic E-state index is -0.169. The molecule has 0 radical (unpaired) electrons. The van der Waals surface area contributed by atoms with Crippen LogP contribution in [-0.4, -0.2) is 25.2 Å². The van der Waals surface area contributed by atoms with Crippen LogP contribution in [0, 0.1) is 0 Å². The van der Waals surface area contributed by atoms with Crippen molar-refractivity contribution < 1.29 is 19.0 Å². The number of hydrogen-bond acceptors (Lipinski definition) is 4. The first-order chi connectivity index (χ1) is 14.8. The first kappa shape index (κ1) is 20.0. The van der Waals surface area contributed by atoms with Gasteiger partial charge in [0.05, 0.1) is 6.10 Å². The summed E-state index contributed by atoms with van der Waals surface area (Å²) in [7, 11) is 0. The Morgan fingerprint density at radius 3 is 2.30 bits per heavy atom. The van der Waals surface area contributed by atoms with E-state index in [1.165, 1.54) is 0 Å². The van der Waals surface area contributed by atoms with Gasteiger partial charge >= 0.3 is 0 Å². The van der Waals surface area contributed by atoms with Crippen molar-refractivity contribution in [1.82, 2.24) is 0 Å². The Kier molecular flexibility index (Phi) is 6.62. The van der Waals surface area contributed by atoms with Gasteiger partial charge in [0.2, 0.25) is 0 Å². The molecule has 1 amide bonds. The molecule has 3 aromatic carbocycles. The maximum absolute atomic E-state index is 12.5. The second kappa shape index (κ2) is 9.94. The summed E-state index contributed by atoms with van der Waals surface area (Å²) in [5, 5.41) is 2.90. The average Bonchev–Trinajstić information content (AvgIpc) is 3.32. The molecule has 0 saturated carbocycles. The van der Waals surface area contributed by atoms with Gasteiger partial charge in [-0.1, -0.05) is 30.3 Å². The molecule has 1 heterocycles. The zero-order valence-electron chi connectivity index (χ0n) is 16.8.